The quantitative estimate of drug-likeness (QED) is 0.215. The first kappa shape index (κ1) is 27.4. The van der Waals surface area contributed by atoms with Crippen LogP contribution in [0.25, 0.3) is 0 Å². The van der Waals surface area contributed by atoms with Crippen LogP contribution in [-0.4, -0.2) is 28.7 Å². The number of rotatable bonds is 8. The van der Waals surface area contributed by atoms with E-state index in [1.165, 1.54) is 0 Å². The first-order valence-electron chi connectivity index (χ1n) is 12.8. The Balaban J connectivity index is 1.50. The molecule has 0 unspecified atom stereocenters. The Bertz CT molecular complexity index is 1490. The van der Waals surface area contributed by atoms with Crippen molar-refractivity contribution in [2.75, 3.05) is 11.9 Å². The van der Waals surface area contributed by atoms with Crippen LogP contribution in [0.4, 0.5) is 5.69 Å². The van der Waals surface area contributed by atoms with Crippen molar-refractivity contribution in [2.45, 2.75) is 31.3 Å². The number of nitrogens with zero attached hydrogens (tertiary/aromatic N) is 1. The lowest BCUT2D eigenvalue weighted by molar-refractivity contribution is -0.126. The molecule has 5 rings (SSSR count). The molecule has 0 bridgehead atoms. The third kappa shape index (κ3) is 6.05. The van der Waals surface area contributed by atoms with Gasteiger partial charge < -0.3 is 5.32 Å². The second kappa shape index (κ2) is 11.9. The molecule has 4 aromatic rings. The van der Waals surface area contributed by atoms with Crippen LogP contribution < -0.4 is 5.32 Å². The molecular formula is C32H27Cl3N2O2. The molecule has 1 heterocycles. The number of ketones is 1. The molecule has 1 saturated heterocycles. The summed E-state index contributed by atoms with van der Waals surface area (Å²) in [6.07, 6.45) is 2.05. The Hall–Kier alpha value is -3.15. The molecule has 7 heteroatoms. The van der Waals surface area contributed by atoms with Crippen LogP contribution in [0.1, 0.15) is 39.9 Å². The number of anilines is 1. The lowest BCUT2D eigenvalue weighted by Gasteiger charge is -2.38. The van der Waals surface area contributed by atoms with E-state index in [-0.39, 0.29) is 11.7 Å². The van der Waals surface area contributed by atoms with Gasteiger partial charge in [0.25, 0.3) is 0 Å². The Morgan fingerprint density at radius 3 is 2.23 bits per heavy atom. The van der Waals surface area contributed by atoms with Crippen molar-refractivity contribution in [3.8, 4) is 0 Å². The summed E-state index contributed by atoms with van der Waals surface area (Å²) in [5.74, 6) is -0.363. The maximum atomic E-state index is 14.3. The molecule has 1 atom stereocenters. The van der Waals surface area contributed by atoms with Crippen LogP contribution in [0, 0.1) is 0 Å². The van der Waals surface area contributed by atoms with E-state index >= 15 is 0 Å². The largest absolute Gasteiger partial charge is 0.324 e. The number of amides is 1. The summed E-state index contributed by atoms with van der Waals surface area (Å²) >= 11 is 18.7. The van der Waals surface area contributed by atoms with E-state index in [9.17, 15) is 9.59 Å². The number of likely N-dealkylation sites (tertiary alicyclic amines) is 1. The van der Waals surface area contributed by atoms with Gasteiger partial charge in [0.05, 0.1) is 15.7 Å². The summed E-state index contributed by atoms with van der Waals surface area (Å²) in [7, 11) is 0. The highest BCUT2D eigenvalue weighted by atomic mass is 35.5. The molecule has 1 aliphatic rings. The van der Waals surface area contributed by atoms with Crippen molar-refractivity contribution < 1.29 is 9.59 Å². The van der Waals surface area contributed by atoms with Gasteiger partial charge in [0.1, 0.15) is 5.54 Å². The van der Waals surface area contributed by atoms with E-state index in [2.05, 4.69) is 10.2 Å². The standard InChI is InChI=1S/C32H27Cl3N2O2/c33-25-13-15-29(26(19-25)30(38)24-10-5-2-6-11-24)36-31(39)32(20-22-8-3-1-4-9-22)16-7-17-37(32)21-23-12-14-27(34)28(35)18-23/h1-6,8-15,18-19H,7,16-17,20-21H2,(H,36,39)/t32-/m0/s1. The zero-order valence-corrected chi connectivity index (χ0v) is 23.4. The molecule has 0 saturated carbocycles. The van der Waals surface area contributed by atoms with Crippen LogP contribution in [-0.2, 0) is 17.8 Å². The van der Waals surface area contributed by atoms with Crippen molar-refractivity contribution >= 4 is 52.2 Å². The van der Waals surface area contributed by atoms with Crippen molar-refractivity contribution in [1.82, 2.24) is 4.90 Å². The molecule has 0 radical (unpaired) electrons. The van der Waals surface area contributed by atoms with Crippen LogP contribution in [0.5, 0.6) is 0 Å². The minimum atomic E-state index is -0.833. The van der Waals surface area contributed by atoms with Gasteiger partial charge in [-0.25, -0.2) is 0 Å². The van der Waals surface area contributed by atoms with Gasteiger partial charge in [-0.2, -0.15) is 0 Å². The monoisotopic (exact) mass is 576 g/mol. The summed E-state index contributed by atoms with van der Waals surface area (Å²) in [5.41, 5.74) is 2.52. The number of carbonyl (C=O) groups is 2. The number of carbonyl (C=O) groups excluding carboxylic acids is 2. The molecule has 1 N–H and O–H groups in total. The summed E-state index contributed by atoms with van der Waals surface area (Å²) in [6.45, 7) is 1.28. The lowest BCUT2D eigenvalue weighted by Crippen LogP contribution is -2.54. The van der Waals surface area contributed by atoms with Crippen molar-refractivity contribution in [1.29, 1.82) is 0 Å². The molecule has 39 heavy (non-hydrogen) atoms. The van der Waals surface area contributed by atoms with Crippen LogP contribution in [0.15, 0.2) is 97.1 Å². The summed E-state index contributed by atoms with van der Waals surface area (Å²) in [6, 6.07) is 29.5. The average molecular weight is 578 g/mol. The number of hydrogen-bond acceptors (Lipinski definition) is 3. The van der Waals surface area contributed by atoms with Crippen molar-refractivity contribution in [3.05, 3.63) is 134 Å². The predicted octanol–water partition coefficient (Wildman–Crippen LogP) is 8.09. The van der Waals surface area contributed by atoms with Gasteiger partial charge in [0.2, 0.25) is 5.91 Å². The van der Waals surface area contributed by atoms with Gasteiger partial charge in [-0.15, -0.1) is 0 Å². The van der Waals surface area contributed by atoms with E-state index in [4.69, 9.17) is 34.8 Å². The first-order chi connectivity index (χ1) is 18.9. The summed E-state index contributed by atoms with van der Waals surface area (Å²) in [4.78, 5) is 29.9. The number of hydrogen-bond donors (Lipinski definition) is 1. The highest BCUT2D eigenvalue weighted by Crippen LogP contribution is 2.37. The van der Waals surface area contributed by atoms with E-state index in [0.717, 1.165) is 24.1 Å². The Kier molecular flexibility index (Phi) is 8.39. The van der Waals surface area contributed by atoms with E-state index in [1.54, 1.807) is 36.4 Å². The third-order valence-electron chi connectivity index (χ3n) is 7.25. The van der Waals surface area contributed by atoms with Crippen molar-refractivity contribution in [3.63, 3.8) is 0 Å². The third-order valence-corrected chi connectivity index (χ3v) is 8.23. The van der Waals surface area contributed by atoms with Crippen LogP contribution in [0.2, 0.25) is 15.1 Å². The molecule has 1 amide bonds. The fourth-order valence-corrected chi connectivity index (χ4v) is 5.78. The zero-order valence-electron chi connectivity index (χ0n) is 21.2. The maximum Gasteiger partial charge on any atom is 0.245 e. The van der Waals surface area contributed by atoms with Gasteiger partial charge in [-0.3, -0.25) is 14.5 Å². The average Bonchev–Trinajstić information content (AvgIpc) is 3.35. The molecule has 198 valence electrons. The zero-order chi connectivity index (χ0) is 27.4. The molecule has 4 aromatic carbocycles. The van der Waals surface area contributed by atoms with Crippen LogP contribution >= 0.6 is 34.8 Å². The van der Waals surface area contributed by atoms with Gasteiger partial charge in [-0.1, -0.05) is 102 Å². The molecule has 4 nitrogen and oxygen atoms in total. The van der Waals surface area contributed by atoms with Gasteiger partial charge >= 0.3 is 0 Å². The first-order valence-corrected chi connectivity index (χ1v) is 13.9. The van der Waals surface area contributed by atoms with E-state index in [0.29, 0.717) is 51.3 Å². The van der Waals surface area contributed by atoms with Crippen LogP contribution in [0.3, 0.4) is 0 Å². The smallest absolute Gasteiger partial charge is 0.245 e. The Morgan fingerprint density at radius 1 is 0.795 bits per heavy atom. The predicted molar refractivity (Wildman–Crippen MR) is 159 cm³/mol. The Labute approximate surface area is 243 Å². The second-order valence-corrected chi connectivity index (χ2v) is 11.1. The molecule has 1 fully saturated rings. The second-order valence-electron chi connectivity index (χ2n) is 9.81. The highest BCUT2D eigenvalue weighted by molar-refractivity contribution is 6.42. The van der Waals surface area contributed by atoms with Crippen molar-refractivity contribution in [2.24, 2.45) is 0 Å². The molecule has 0 aliphatic carbocycles. The molecule has 0 spiro atoms. The maximum absolute atomic E-state index is 14.3. The van der Waals surface area contributed by atoms with Gasteiger partial charge in [0.15, 0.2) is 5.78 Å². The molecule has 0 aromatic heterocycles. The minimum absolute atomic E-state index is 0.159. The summed E-state index contributed by atoms with van der Waals surface area (Å²) < 4.78 is 0. The van der Waals surface area contributed by atoms with Gasteiger partial charge in [0, 0.05) is 22.7 Å². The lowest BCUT2D eigenvalue weighted by atomic mass is 9.86. The number of halogens is 3. The van der Waals surface area contributed by atoms with E-state index in [1.807, 2.05) is 60.7 Å². The SMILES string of the molecule is O=C(c1ccccc1)c1cc(Cl)ccc1NC(=O)[C@@]1(Cc2ccccc2)CCCN1Cc1ccc(Cl)c(Cl)c1. The normalized spacial score (nSPS) is 17.2. The Morgan fingerprint density at radius 2 is 1.51 bits per heavy atom. The highest BCUT2D eigenvalue weighted by Gasteiger charge is 2.47. The number of nitrogens with one attached hydrogen (secondary N) is 1. The molecule has 1 aliphatic heterocycles. The fourth-order valence-electron chi connectivity index (χ4n) is 5.29. The number of benzene rings is 4. The minimum Gasteiger partial charge on any atom is -0.324 e. The van der Waals surface area contributed by atoms with Gasteiger partial charge in [-0.05, 0) is 67.3 Å². The van der Waals surface area contributed by atoms with E-state index < -0.39 is 5.54 Å². The fraction of sp³-hybridized carbons (Fsp3) is 0.188. The summed E-state index contributed by atoms with van der Waals surface area (Å²) in [5, 5.41) is 4.52. The topological polar surface area (TPSA) is 49.4 Å². The molecular weight excluding hydrogens is 551 g/mol.